The lowest BCUT2D eigenvalue weighted by molar-refractivity contribution is -0.149. The van der Waals surface area contributed by atoms with Crippen molar-refractivity contribution in [3.05, 3.63) is 28.5 Å². The molecular formula is C15H17BrFNO4. The summed E-state index contributed by atoms with van der Waals surface area (Å²) in [5, 5.41) is 9.17. The third kappa shape index (κ3) is 3.76. The van der Waals surface area contributed by atoms with Gasteiger partial charge in [0.1, 0.15) is 11.6 Å². The fourth-order valence-electron chi connectivity index (χ4n) is 2.64. The van der Waals surface area contributed by atoms with Gasteiger partial charge in [0.25, 0.3) is 5.91 Å². The van der Waals surface area contributed by atoms with Gasteiger partial charge in [-0.1, -0.05) is 0 Å². The summed E-state index contributed by atoms with van der Waals surface area (Å²) in [5.41, 5.74) is 0. The molecule has 1 heterocycles. The molecule has 0 bridgehead atoms. The van der Waals surface area contributed by atoms with Crippen LogP contribution in [0, 0.1) is 11.7 Å². The molecule has 5 nitrogen and oxygen atoms in total. The zero-order valence-corrected chi connectivity index (χ0v) is 13.7. The first-order valence-corrected chi connectivity index (χ1v) is 7.79. The molecule has 1 saturated heterocycles. The van der Waals surface area contributed by atoms with E-state index in [0.717, 1.165) is 0 Å². The Morgan fingerprint density at radius 3 is 2.86 bits per heavy atom. The fourth-order valence-corrected chi connectivity index (χ4v) is 3.11. The number of rotatable bonds is 4. The largest absolute Gasteiger partial charge is 0.483 e. The van der Waals surface area contributed by atoms with Gasteiger partial charge in [-0.05, 0) is 53.9 Å². The summed E-state index contributed by atoms with van der Waals surface area (Å²) in [6, 6.07) is 3.57. The highest BCUT2D eigenvalue weighted by Gasteiger charge is 2.35. The van der Waals surface area contributed by atoms with Gasteiger partial charge < -0.3 is 14.7 Å². The predicted molar refractivity (Wildman–Crippen MR) is 81.1 cm³/mol. The Morgan fingerprint density at radius 1 is 1.50 bits per heavy atom. The Balaban J connectivity index is 1.98. The van der Waals surface area contributed by atoms with E-state index in [4.69, 9.17) is 9.84 Å². The van der Waals surface area contributed by atoms with Crippen LogP contribution >= 0.6 is 15.9 Å². The van der Waals surface area contributed by atoms with E-state index < -0.39 is 17.7 Å². The molecule has 0 aliphatic carbocycles. The number of halogens is 2. The molecule has 1 aromatic carbocycles. The van der Waals surface area contributed by atoms with Crippen LogP contribution in [-0.2, 0) is 9.59 Å². The van der Waals surface area contributed by atoms with E-state index in [0.29, 0.717) is 29.6 Å². The lowest BCUT2D eigenvalue weighted by Gasteiger charge is -2.37. The number of piperidine rings is 1. The topological polar surface area (TPSA) is 66.8 Å². The standard InChI is InChI=1S/C15H17BrFNO4/c1-9-11(15(20)21)3-2-6-18(9)14(19)8-22-13-5-4-10(17)7-12(13)16/h4-5,7,9,11H,2-3,6,8H2,1H3,(H,20,21)/t9-,11-/m1/s1. The van der Waals surface area contributed by atoms with Gasteiger partial charge in [0, 0.05) is 12.6 Å². The maximum atomic E-state index is 13.0. The zero-order chi connectivity index (χ0) is 16.3. The van der Waals surface area contributed by atoms with E-state index in [9.17, 15) is 14.0 Å². The van der Waals surface area contributed by atoms with E-state index in [1.54, 1.807) is 11.8 Å². The molecule has 2 atom stereocenters. The molecule has 22 heavy (non-hydrogen) atoms. The number of hydrogen-bond acceptors (Lipinski definition) is 3. The van der Waals surface area contributed by atoms with Gasteiger partial charge in [-0.25, -0.2) is 4.39 Å². The molecule has 0 spiro atoms. The normalized spacial score (nSPS) is 21.5. The van der Waals surface area contributed by atoms with Gasteiger partial charge in [0.2, 0.25) is 0 Å². The molecule has 1 aliphatic heterocycles. The summed E-state index contributed by atoms with van der Waals surface area (Å²) in [6.45, 7) is 2.06. The van der Waals surface area contributed by atoms with Crippen LogP contribution in [0.15, 0.2) is 22.7 Å². The van der Waals surface area contributed by atoms with Crippen molar-refractivity contribution < 1.29 is 23.8 Å². The molecule has 2 rings (SSSR count). The average molecular weight is 374 g/mol. The van der Waals surface area contributed by atoms with E-state index >= 15 is 0 Å². The summed E-state index contributed by atoms with van der Waals surface area (Å²) in [4.78, 5) is 25.0. The number of hydrogen-bond donors (Lipinski definition) is 1. The van der Waals surface area contributed by atoms with Crippen LogP contribution in [-0.4, -0.2) is 41.1 Å². The quantitative estimate of drug-likeness (QED) is 0.880. The molecule has 1 aliphatic rings. The van der Waals surface area contributed by atoms with E-state index in [-0.39, 0.29) is 18.6 Å². The van der Waals surface area contributed by atoms with Gasteiger partial charge in [-0.2, -0.15) is 0 Å². The van der Waals surface area contributed by atoms with Crippen molar-refractivity contribution in [2.24, 2.45) is 5.92 Å². The van der Waals surface area contributed by atoms with Crippen molar-refractivity contribution in [3.8, 4) is 5.75 Å². The minimum absolute atomic E-state index is 0.207. The van der Waals surface area contributed by atoms with Crippen LogP contribution in [0.2, 0.25) is 0 Å². The molecule has 120 valence electrons. The lowest BCUT2D eigenvalue weighted by atomic mass is 9.90. The van der Waals surface area contributed by atoms with Crippen LogP contribution in [0.25, 0.3) is 0 Å². The van der Waals surface area contributed by atoms with Crippen LogP contribution in [0.4, 0.5) is 4.39 Å². The monoisotopic (exact) mass is 373 g/mol. The Labute approximate surface area is 136 Å². The van der Waals surface area contributed by atoms with E-state index in [2.05, 4.69) is 15.9 Å². The Kier molecular flexibility index (Phi) is 5.39. The first kappa shape index (κ1) is 16.7. The van der Waals surface area contributed by atoms with Gasteiger partial charge >= 0.3 is 5.97 Å². The van der Waals surface area contributed by atoms with E-state index in [1.807, 2.05) is 0 Å². The van der Waals surface area contributed by atoms with Crippen molar-refractivity contribution >= 4 is 27.8 Å². The first-order valence-electron chi connectivity index (χ1n) is 7.00. The fraction of sp³-hybridized carbons (Fsp3) is 0.467. The number of benzene rings is 1. The second-order valence-corrected chi connectivity index (χ2v) is 6.13. The van der Waals surface area contributed by atoms with Crippen molar-refractivity contribution in [3.63, 3.8) is 0 Å². The minimum Gasteiger partial charge on any atom is -0.483 e. The maximum absolute atomic E-state index is 13.0. The number of likely N-dealkylation sites (tertiary alicyclic amines) is 1. The van der Waals surface area contributed by atoms with Crippen molar-refractivity contribution in [1.82, 2.24) is 4.90 Å². The zero-order valence-electron chi connectivity index (χ0n) is 12.1. The number of aliphatic carboxylic acids is 1. The molecule has 1 fully saturated rings. The van der Waals surface area contributed by atoms with E-state index in [1.165, 1.54) is 18.2 Å². The number of carboxylic acids is 1. The second kappa shape index (κ2) is 7.09. The molecule has 1 aromatic rings. The van der Waals surface area contributed by atoms with Crippen LogP contribution in [0.1, 0.15) is 19.8 Å². The highest BCUT2D eigenvalue weighted by atomic mass is 79.9. The third-order valence-corrected chi connectivity index (χ3v) is 4.49. The van der Waals surface area contributed by atoms with Gasteiger partial charge in [0.15, 0.2) is 6.61 Å². The Bertz CT molecular complexity index is 581. The van der Waals surface area contributed by atoms with Gasteiger partial charge in [0.05, 0.1) is 10.4 Å². The molecule has 0 unspecified atom stereocenters. The second-order valence-electron chi connectivity index (χ2n) is 5.28. The average Bonchev–Trinajstić information content (AvgIpc) is 2.46. The van der Waals surface area contributed by atoms with Gasteiger partial charge in [-0.3, -0.25) is 9.59 Å². The number of carbonyl (C=O) groups excluding carboxylic acids is 1. The number of carbonyl (C=O) groups is 2. The lowest BCUT2D eigenvalue weighted by Crippen LogP contribution is -2.50. The highest BCUT2D eigenvalue weighted by Crippen LogP contribution is 2.27. The number of amides is 1. The Morgan fingerprint density at radius 2 is 2.23 bits per heavy atom. The molecule has 0 saturated carbocycles. The molecule has 1 amide bonds. The van der Waals surface area contributed by atoms with Crippen molar-refractivity contribution in [2.75, 3.05) is 13.2 Å². The number of ether oxygens (including phenoxy) is 1. The first-order chi connectivity index (χ1) is 10.4. The smallest absolute Gasteiger partial charge is 0.308 e. The third-order valence-electron chi connectivity index (χ3n) is 3.87. The van der Waals surface area contributed by atoms with Crippen molar-refractivity contribution in [1.29, 1.82) is 0 Å². The summed E-state index contributed by atoms with van der Waals surface area (Å²) in [7, 11) is 0. The minimum atomic E-state index is -0.882. The molecular weight excluding hydrogens is 357 g/mol. The summed E-state index contributed by atoms with van der Waals surface area (Å²) < 4.78 is 18.8. The molecule has 0 aromatic heterocycles. The van der Waals surface area contributed by atoms with Crippen molar-refractivity contribution in [2.45, 2.75) is 25.8 Å². The Hall–Kier alpha value is -1.63. The van der Waals surface area contributed by atoms with Crippen LogP contribution in [0.3, 0.4) is 0 Å². The highest BCUT2D eigenvalue weighted by molar-refractivity contribution is 9.10. The maximum Gasteiger partial charge on any atom is 0.308 e. The summed E-state index contributed by atoms with van der Waals surface area (Å²) >= 11 is 3.17. The predicted octanol–water partition coefficient (Wildman–Crippen LogP) is 2.68. The molecule has 7 heteroatoms. The molecule has 0 radical (unpaired) electrons. The SMILES string of the molecule is C[C@@H]1[C@H](C(=O)O)CCCN1C(=O)COc1ccc(F)cc1Br. The van der Waals surface area contributed by atoms with Gasteiger partial charge in [-0.15, -0.1) is 0 Å². The number of nitrogens with zero attached hydrogens (tertiary/aromatic N) is 1. The summed E-state index contributed by atoms with van der Waals surface area (Å²) in [6.07, 6.45) is 1.23. The number of carboxylic acid groups (broad SMARTS) is 1. The molecule has 1 N–H and O–H groups in total. The van der Waals surface area contributed by atoms with Crippen LogP contribution < -0.4 is 4.74 Å². The summed E-state index contributed by atoms with van der Waals surface area (Å²) in [5.74, 6) is -1.73. The van der Waals surface area contributed by atoms with Crippen LogP contribution in [0.5, 0.6) is 5.75 Å².